The lowest BCUT2D eigenvalue weighted by Crippen LogP contribution is -2.39. The number of carboxylic acid groups (broad SMARTS) is 2. The van der Waals surface area contributed by atoms with Crippen LogP contribution in [0, 0.1) is 13.8 Å². The van der Waals surface area contributed by atoms with Gasteiger partial charge in [-0.2, -0.15) is 10.2 Å². The summed E-state index contributed by atoms with van der Waals surface area (Å²) in [5, 5.41) is 29.4. The third kappa shape index (κ3) is 6.70. The average Bonchev–Trinajstić information content (AvgIpc) is 3.98. The number of fused-ring (bicyclic) bond motifs is 2. The Morgan fingerprint density at radius 3 is 1.45 bits per heavy atom. The number of nitrogens with zero attached hydrogens (tertiary/aromatic N) is 8. The molecule has 2 unspecified atom stereocenters. The van der Waals surface area contributed by atoms with Gasteiger partial charge in [-0.3, -0.25) is 29.0 Å². The average molecular weight is 800 g/mol. The maximum absolute atomic E-state index is 13.7. The van der Waals surface area contributed by atoms with Crippen LogP contribution in [-0.4, -0.2) is 98.6 Å². The molecule has 2 N–H and O–H groups in total. The molecular weight excluding hydrogens is 759 g/mol. The number of carboxylic acids is 2. The van der Waals surface area contributed by atoms with Gasteiger partial charge < -0.3 is 19.3 Å². The monoisotopic (exact) mass is 798 g/mol. The van der Waals surface area contributed by atoms with E-state index in [9.17, 15) is 29.4 Å². The Kier molecular flexibility index (Phi) is 10.1. The molecule has 8 rings (SSSR count). The summed E-state index contributed by atoms with van der Waals surface area (Å²) in [7, 11) is 0. The highest BCUT2D eigenvalue weighted by atomic mass is 35.5. The molecule has 0 amide bonds. The van der Waals surface area contributed by atoms with Crippen molar-refractivity contribution in [2.75, 3.05) is 26.2 Å². The van der Waals surface area contributed by atoms with Crippen LogP contribution in [-0.2, 0) is 22.7 Å². The summed E-state index contributed by atoms with van der Waals surface area (Å²) in [6.07, 6.45) is 6.39. The second kappa shape index (κ2) is 15.0. The van der Waals surface area contributed by atoms with Crippen molar-refractivity contribution < 1.29 is 19.8 Å². The number of hydrogen-bond donors (Lipinski definition) is 2. The summed E-state index contributed by atoms with van der Waals surface area (Å²) in [5.74, 6) is -1.68. The van der Waals surface area contributed by atoms with E-state index >= 15 is 0 Å². The minimum absolute atomic E-state index is 0.231. The van der Waals surface area contributed by atoms with Gasteiger partial charge in [0.1, 0.15) is 23.1 Å². The molecule has 0 radical (unpaired) electrons. The van der Waals surface area contributed by atoms with Gasteiger partial charge in [0.25, 0.3) is 11.1 Å². The third-order valence-corrected chi connectivity index (χ3v) is 12.0. The highest BCUT2D eigenvalue weighted by Gasteiger charge is 2.31. The molecule has 2 aliphatic rings. The van der Waals surface area contributed by atoms with Gasteiger partial charge in [0.15, 0.2) is 0 Å². The lowest BCUT2D eigenvalue weighted by molar-refractivity contribution is -0.143. The van der Waals surface area contributed by atoms with E-state index in [2.05, 4.69) is 0 Å². The SMILES string of the molecule is Cc1cn2nc(-c3cccc(-c4cccc(-c5cc6c(=O)n(CCN7CCCC7C(=O)O)c(C)cn6n5)c4Cl)c3Cl)cc2c(=O)n1CCN1CCCC1C(=O)O. The molecule has 2 aliphatic heterocycles. The molecule has 56 heavy (non-hydrogen) atoms. The van der Waals surface area contributed by atoms with E-state index in [0.29, 0.717) is 118 Å². The molecule has 2 fully saturated rings. The second-order valence-corrected chi connectivity index (χ2v) is 15.3. The van der Waals surface area contributed by atoms with Gasteiger partial charge in [-0.25, -0.2) is 9.03 Å². The molecule has 2 saturated heterocycles. The van der Waals surface area contributed by atoms with E-state index in [1.165, 1.54) is 0 Å². The number of halogens is 2. The first-order chi connectivity index (χ1) is 26.9. The summed E-state index contributed by atoms with van der Waals surface area (Å²) in [6.45, 7) is 6.63. The molecule has 6 heterocycles. The van der Waals surface area contributed by atoms with Gasteiger partial charge in [0, 0.05) is 72.2 Å². The second-order valence-electron chi connectivity index (χ2n) is 14.6. The Morgan fingerprint density at radius 1 is 0.661 bits per heavy atom. The van der Waals surface area contributed by atoms with Crippen molar-refractivity contribution in [2.24, 2.45) is 0 Å². The predicted octanol–water partition coefficient (Wildman–Crippen LogP) is 5.33. The minimum atomic E-state index is -0.838. The number of aromatic nitrogens is 6. The fourth-order valence-electron chi connectivity index (χ4n) is 8.29. The summed E-state index contributed by atoms with van der Waals surface area (Å²) in [4.78, 5) is 54.6. The van der Waals surface area contributed by atoms with Gasteiger partial charge in [-0.05, 0) is 64.8 Å². The summed E-state index contributed by atoms with van der Waals surface area (Å²) in [5.41, 5.74) is 5.16. The number of rotatable bonds is 11. The predicted molar refractivity (Wildman–Crippen MR) is 213 cm³/mol. The van der Waals surface area contributed by atoms with Crippen LogP contribution in [0.15, 0.2) is 70.5 Å². The lowest BCUT2D eigenvalue weighted by Gasteiger charge is -2.22. The minimum Gasteiger partial charge on any atom is -0.480 e. The Hall–Kier alpha value is -5.28. The highest BCUT2D eigenvalue weighted by molar-refractivity contribution is 6.39. The number of benzene rings is 2. The quantitative estimate of drug-likeness (QED) is 0.176. The van der Waals surface area contributed by atoms with Crippen LogP contribution >= 0.6 is 23.2 Å². The van der Waals surface area contributed by atoms with Crippen molar-refractivity contribution in [2.45, 2.75) is 64.7 Å². The zero-order valence-corrected chi connectivity index (χ0v) is 32.4. The number of hydrogen-bond acceptors (Lipinski definition) is 8. The molecule has 0 spiro atoms. The van der Waals surface area contributed by atoms with Crippen LogP contribution in [0.25, 0.3) is 44.7 Å². The van der Waals surface area contributed by atoms with Crippen molar-refractivity contribution in [3.8, 4) is 33.6 Å². The molecule has 0 bridgehead atoms. The van der Waals surface area contributed by atoms with Gasteiger partial charge in [0.05, 0.1) is 21.4 Å². The first-order valence-corrected chi connectivity index (χ1v) is 19.4. The van der Waals surface area contributed by atoms with Crippen LogP contribution in [0.2, 0.25) is 10.0 Å². The molecule has 4 aromatic heterocycles. The van der Waals surface area contributed by atoms with Crippen molar-refractivity contribution in [3.05, 3.63) is 103 Å². The van der Waals surface area contributed by atoms with Gasteiger partial charge in [-0.15, -0.1) is 0 Å². The summed E-state index contributed by atoms with van der Waals surface area (Å²) in [6, 6.07) is 13.4. The number of aliphatic carboxylic acids is 2. The Labute approximate surface area is 330 Å². The molecule has 0 aliphatic carbocycles. The molecular formula is C40H40Cl2N8O6. The number of carbonyl (C=O) groups is 2. The van der Waals surface area contributed by atoms with Crippen LogP contribution in [0.1, 0.15) is 37.1 Å². The Balaban J connectivity index is 1.08. The fourth-order valence-corrected chi connectivity index (χ4v) is 8.94. The normalized spacial score (nSPS) is 17.8. The standard InChI is InChI=1S/C40H40Cl2N8O6/c1-23-21-49-33(37(51)47(23)17-15-45-13-5-11-31(45)39(53)54)19-29(43-49)27-9-3-7-25(35(27)41)26-8-4-10-28(36(26)42)30-20-34-38(52)48(24(2)22-50(34)44-30)18-16-46-14-6-12-32(46)40(55)56/h3-4,7-10,19-22,31-32H,5-6,11-18H2,1-2H3,(H,53,54)(H,55,56). The molecule has 0 saturated carbocycles. The van der Waals surface area contributed by atoms with Crippen molar-refractivity contribution in [1.82, 2.24) is 38.2 Å². The van der Waals surface area contributed by atoms with E-state index in [1.807, 2.05) is 60.0 Å². The maximum atomic E-state index is 13.7. The van der Waals surface area contributed by atoms with E-state index < -0.39 is 24.0 Å². The van der Waals surface area contributed by atoms with E-state index in [-0.39, 0.29) is 11.1 Å². The smallest absolute Gasteiger partial charge is 0.320 e. The first kappa shape index (κ1) is 37.6. The molecule has 2 atom stereocenters. The topological polar surface area (TPSA) is 160 Å². The van der Waals surface area contributed by atoms with Crippen LogP contribution in [0.3, 0.4) is 0 Å². The van der Waals surface area contributed by atoms with Crippen molar-refractivity contribution >= 4 is 46.2 Å². The molecule has 2 aromatic carbocycles. The van der Waals surface area contributed by atoms with E-state index in [4.69, 9.17) is 33.4 Å². The van der Waals surface area contributed by atoms with E-state index in [0.717, 1.165) is 12.8 Å². The molecule has 6 aromatic rings. The summed E-state index contributed by atoms with van der Waals surface area (Å²) >= 11 is 14.2. The Morgan fingerprint density at radius 2 is 1.05 bits per heavy atom. The van der Waals surface area contributed by atoms with Gasteiger partial charge in [0.2, 0.25) is 0 Å². The summed E-state index contributed by atoms with van der Waals surface area (Å²) < 4.78 is 6.41. The van der Waals surface area contributed by atoms with Crippen molar-refractivity contribution in [1.29, 1.82) is 0 Å². The van der Waals surface area contributed by atoms with Gasteiger partial charge >= 0.3 is 11.9 Å². The number of aryl methyl sites for hydroxylation is 2. The maximum Gasteiger partial charge on any atom is 0.320 e. The van der Waals surface area contributed by atoms with Crippen LogP contribution in [0.5, 0.6) is 0 Å². The molecule has 16 heteroatoms. The van der Waals surface area contributed by atoms with Crippen LogP contribution < -0.4 is 11.1 Å². The highest BCUT2D eigenvalue weighted by Crippen LogP contribution is 2.42. The third-order valence-electron chi connectivity index (χ3n) is 11.2. The number of likely N-dealkylation sites (tertiary alicyclic amines) is 2. The van der Waals surface area contributed by atoms with Gasteiger partial charge in [-0.1, -0.05) is 59.6 Å². The largest absolute Gasteiger partial charge is 0.480 e. The van der Waals surface area contributed by atoms with Crippen LogP contribution in [0.4, 0.5) is 0 Å². The fraction of sp³-hybridized carbons (Fsp3) is 0.350. The first-order valence-electron chi connectivity index (χ1n) is 18.6. The Bertz CT molecular complexity index is 2480. The van der Waals surface area contributed by atoms with Crippen molar-refractivity contribution in [3.63, 3.8) is 0 Å². The molecule has 290 valence electrons. The zero-order chi connectivity index (χ0) is 39.4. The van der Waals surface area contributed by atoms with E-state index in [1.54, 1.807) is 42.7 Å². The lowest BCUT2D eigenvalue weighted by atomic mass is 9.98. The molecule has 14 nitrogen and oxygen atoms in total. The zero-order valence-electron chi connectivity index (χ0n) is 30.9.